The summed E-state index contributed by atoms with van der Waals surface area (Å²) in [4.78, 5) is 16.0. The van der Waals surface area contributed by atoms with E-state index in [1.54, 1.807) is 31.3 Å². The molecule has 7 nitrogen and oxygen atoms in total. The zero-order valence-electron chi connectivity index (χ0n) is 15.8. The molecular formula is C19H21F3N6O. The number of halogens is 3. The van der Waals surface area contributed by atoms with Crippen LogP contribution in [-0.4, -0.2) is 37.6 Å². The number of nitrogens with zero attached hydrogens (tertiary/aromatic N) is 3. The van der Waals surface area contributed by atoms with Gasteiger partial charge in [0.25, 0.3) is 5.91 Å². The molecule has 1 fully saturated rings. The second-order valence-corrected chi connectivity index (χ2v) is 7.31. The average molecular weight is 406 g/mol. The molecule has 0 saturated heterocycles. The number of fused-ring (bicyclic) bond motifs is 1. The highest BCUT2D eigenvalue weighted by Crippen LogP contribution is 2.30. The van der Waals surface area contributed by atoms with Gasteiger partial charge in [-0.15, -0.1) is 0 Å². The summed E-state index contributed by atoms with van der Waals surface area (Å²) in [5, 5.41) is 13.0. The van der Waals surface area contributed by atoms with Crippen LogP contribution in [0.25, 0.3) is 5.65 Å². The van der Waals surface area contributed by atoms with E-state index >= 15 is 0 Å². The molecule has 1 aliphatic rings. The number of amides is 1. The molecule has 1 aliphatic carbocycles. The van der Waals surface area contributed by atoms with Gasteiger partial charge in [-0.1, -0.05) is 6.07 Å². The Morgan fingerprint density at radius 2 is 1.93 bits per heavy atom. The molecule has 4 rings (SSSR count). The van der Waals surface area contributed by atoms with Gasteiger partial charge in [0.1, 0.15) is 11.5 Å². The van der Waals surface area contributed by atoms with Crippen LogP contribution in [0, 0.1) is 6.92 Å². The highest BCUT2D eigenvalue weighted by molar-refractivity contribution is 5.95. The number of aromatic amines is 1. The Kier molecular flexibility index (Phi) is 4.93. The monoisotopic (exact) mass is 406 g/mol. The number of aromatic nitrogens is 4. The van der Waals surface area contributed by atoms with Gasteiger partial charge in [0, 0.05) is 24.5 Å². The fourth-order valence-electron chi connectivity index (χ4n) is 3.71. The normalized spacial score (nSPS) is 20.0. The van der Waals surface area contributed by atoms with Gasteiger partial charge < -0.3 is 10.6 Å². The van der Waals surface area contributed by atoms with Crippen molar-refractivity contribution in [2.75, 3.05) is 5.32 Å². The molecule has 29 heavy (non-hydrogen) atoms. The number of rotatable bonds is 4. The lowest BCUT2D eigenvalue weighted by molar-refractivity contribution is -0.140. The molecule has 3 heterocycles. The van der Waals surface area contributed by atoms with Gasteiger partial charge in [0.2, 0.25) is 0 Å². The summed E-state index contributed by atoms with van der Waals surface area (Å²) in [7, 11) is 0. The molecule has 0 atom stereocenters. The fraction of sp³-hybridized carbons (Fsp3) is 0.421. The SMILES string of the molecule is Cc1n[nH]cc1C(=O)N[C@H]1CC[C@@H](Nc2cccc3nc(C(F)(F)F)cn23)CC1. The predicted molar refractivity (Wildman–Crippen MR) is 101 cm³/mol. The van der Waals surface area contributed by atoms with Crippen molar-refractivity contribution in [1.82, 2.24) is 24.9 Å². The van der Waals surface area contributed by atoms with Crippen LogP contribution < -0.4 is 10.6 Å². The van der Waals surface area contributed by atoms with Gasteiger partial charge >= 0.3 is 6.18 Å². The molecule has 0 aliphatic heterocycles. The first-order valence-electron chi connectivity index (χ1n) is 9.44. The number of H-pyrrole nitrogens is 1. The van der Waals surface area contributed by atoms with Crippen molar-refractivity contribution in [3.05, 3.63) is 47.5 Å². The van der Waals surface area contributed by atoms with E-state index in [0.29, 0.717) is 17.1 Å². The van der Waals surface area contributed by atoms with Crippen molar-refractivity contribution >= 4 is 17.4 Å². The second-order valence-electron chi connectivity index (χ2n) is 7.31. The van der Waals surface area contributed by atoms with Gasteiger partial charge in [-0.25, -0.2) is 4.98 Å². The van der Waals surface area contributed by atoms with Gasteiger partial charge in [-0.05, 0) is 44.7 Å². The third-order valence-electron chi connectivity index (χ3n) is 5.27. The number of alkyl halides is 3. The van der Waals surface area contributed by atoms with Gasteiger partial charge in [-0.3, -0.25) is 14.3 Å². The third-order valence-corrected chi connectivity index (χ3v) is 5.27. The standard InChI is InChI=1S/C19H21F3N6O/c1-11-14(9-23-27-11)18(29)25-13-7-5-12(6-8-13)24-16-3-2-4-17-26-15(10-28(16)17)19(20,21)22/h2-4,9-10,12-13,24H,5-8H2,1H3,(H,23,27)(H,25,29)/t12-,13+. The first-order valence-corrected chi connectivity index (χ1v) is 9.44. The van der Waals surface area contributed by atoms with Crippen LogP contribution in [0.1, 0.15) is 47.4 Å². The number of pyridine rings is 1. The first kappa shape index (κ1) is 19.3. The van der Waals surface area contributed by atoms with E-state index in [4.69, 9.17) is 0 Å². The third kappa shape index (κ3) is 4.06. The minimum Gasteiger partial charge on any atom is -0.368 e. The van der Waals surface area contributed by atoms with Crippen molar-refractivity contribution < 1.29 is 18.0 Å². The van der Waals surface area contributed by atoms with E-state index in [9.17, 15) is 18.0 Å². The van der Waals surface area contributed by atoms with E-state index in [2.05, 4.69) is 25.8 Å². The lowest BCUT2D eigenvalue weighted by atomic mass is 9.91. The summed E-state index contributed by atoms with van der Waals surface area (Å²) in [6, 6.07) is 5.15. The largest absolute Gasteiger partial charge is 0.434 e. The maximum Gasteiger partial charge on any atom is 0.434 e. The lowest BCUT2D eigenvalue weighted by Gasteiger charge is -2.30. The molecule has 0 bridgehead atoms. The molecule has 1 saturated carbocycles. The van der Waals surface area contributed by atoms with Crippen LogP contribution in [0.5, 0.6) is 0 Å². The van der Waals surface area contributed by atoms with Crippen LogP contribution >= 0.6 is 0 Å². The maximum absolute atomic E-state index is 13.0. The zero-order chi connectivity index (χ0) is 20.6. The molecular weight excluding hydrogens is 385 g/mol. The molecule has 0 aromatic carbocycles. The molecule has 10 heteroatoms. The molecule has 0 unspecified atom stereocenters. The number of aryl methyl sites for hydroxylation is 1. The number of anilines is 1. The summed E-state index contributed by atoms with van der Waals surface area (Å²) < 4.78 is 40.3. The van der Waals surface area contributed by atoms with E-state index in [1.807, 2.05) is 0 Å². The van der Waals surface area contributed by atoms with Gasteiger partial charge in [0.15, 0.2) is 5.69 Å². The van der Waals surface area contributed by atoms with Crippen molar-refractivity contribution in [3.8, 4) is 0 Å². The Labute approximate surface area is 164 Å². The van der Waals surface area contributed by atoms with Gasteiger partial charge in [-0.2, -0.15) is 18.3 Å². The molecule has 1 amide bonds. The summed E-state index contributed by atoms with van der Waals surface area (Å²) in [6.45, 7) is 1.77. The van der Waals surface area contributed by atoms with Crippen LogP contribution in [-0.2, 0) is 6.18 Å². The van der Waals surface area contributed by atoms with E-state index in [-0.39, 0.29) is 23.6 Å². The maximum atomic E-state index is 13.0. The van der Waals surface area contributed by atoms with Crippen LogP contribution in [0.2, 0.25) is 0 Å². The highest BCUT2D eigenvalue weighted by atomic mass is 19.4. The molecule has 3 aromatic heterocycles. The number of hydrogen-bond donors (Lipinski definition) is 3. The Bertz CT molecular complexity index is 1020. The molecule has 3 N–H and O–H groups in total. The summed E-state index contributed by atoms with van der Waals surface area (Å²) >= 11 is 0. The average Bonchev–Trinajstić information content (AvgIpc) is 3.30. The Balaban J connectivity index is 1.38. The van der Waals surface area contributed by atoms with Crippen molar-refractivity contribution in [3.63, 3.8) is 0 Å². The van der Waals surface area contributed by atoms with Crippen LogP contribution in [0.3, 0.4) is 0 Å². The molecule has 0 spiro atoms. The smallest absolute Gasteiger partial charge is 0.368 e. The van der Waals surface area contributed by atoms with Crippen LogP contribution in [0.4, 0.5) is 19.0 Å². The second kappa shape index (κ2) is 7.41. The summed E-state index contributed by atoms with van der Waals surface area (Å²) in [5.74, 6) is 0.433. The number of imidazole rings is 1. The highest BCUT2D eigenvalue weighted by Gasteiger charge is 2.34. The molecule has 0 radical (unpaired) electrons. The summed E-state index contributed by atoms with van der Waals surface area (Å²) in [6.07, 6.45) is 1.28. The number of carbonyl (C=O) groups is 1. The van der Waals surface area contributed by atoms with E-state index in [1.165, 1.54) is 4.40 Å². The van der Waals surface area contributed by atoms with Crippen molar-refractivity contribution in [2.24, 2.45) is 0 Å². The van der Waals surface area contributed by atoms with E-state index < -0.39 is 11.9 Å². The number of carbonyl (C=O) groups excluding carboxylic acids is 1. The van der Waals surface area contributed by atoms with Crippen LogP contribution in [0.15, 0.2) is 30.6 Å². The quantitative estimate of drug-likeness (QED) is 0.619. The minimum atomic E-state index is -4.48. The van der Waals surface area contributed by atoms with Gasteiger partial charge in [0.05, 0.1) is 11.3 Å². The van der Waals surface area contributed by atoms with E-state index in [0.717, 1.165) is 31.9 Å². The Morgan fingerprint density at radius 3 is 2.59 bits per heavy atom. The predicted octanol–water partition coefficient (Wildman–Crippen LogP) is 3.54. The van der Waals surface area contributed by atoms with Crippen molar-refractivity contribution in [2.45, 2.75) is 50.9 Å². The number of hydrogen-bond acceptors (Lipinski definition) is 4. The summed E-state index contributed by atoms with van der Waals surface area (Å²) in [5.41, 5.74) is 0.536. The Hall–Kier alpha value is -3.04. The fourth-order valence-corrected chi connectivity index (χ4v) is 3.71. The molecule has 3 aromatic rings. The number of nitrogens with one attached hydrogen (secondary N) is 3. The topological polar surface area (TPSA) is 87.1 Å². The Morgan fingerprint density at radius 1 is 1.21 bits per heavy atom. The zero-order valence-corrected chi connectivity index (χ0v) is 15.8. The minimum absolute atomic E-state index is 0.0655. The van der Waals surface area contributed by atoms with Crippen molar-refractivity contribution in [1.29, 1.82) is 0 Å². The first-order chi connectivity index (χ1) is 13.8. The molecule has 154 valence electrons. The lowest BCUT2D eigenvalue weighted by Crippen LogP contribution is -2.40.